The zero-order valence-corrected chi connectivity index (χ0v) is 11.9. The van der Waals surface area contributed by atoms with Crippen molar-refractivity contribution in [1.82, 2.24) is 24.6 Å². The first-order chi connectivity index (χ1) is 8.90. The van der Waals surface area contributed by atoms with E-state index in [0.717, 1.165) is 5.56 Å². The Kier molecular flexibility index (Phi) is 3.53. The van der Waals surface area contributed by atoms with Gasteiger partial charge in [-0.1, -0.05) is 11.6 Å². The summed E-state index contributed by atoms with van der Waals surface area (Å²) < 4.78 is 1.53. The molecule has 0 aromatic carbocycles. The number of aromatic nitrogens is 4. The van der Waals surface area contributed by atoms with Crippen LogP contribution in [0.15, 0.2) is 12.3 Å². The van der Waals surface area contributed by atoms with Gasteiger partial charge in [0.15, 0.2) is 11.5 Å². The highest BCUT2D eigenvalue weighted by atomic mass is 35.5. The van der Waals surface area contributed by atoms with Gasteiger partial charge < -0.3 is 4.90 Å². The summed E-state index contributed by atoms with van der Waals surface area (Å²) >= 11 is 6.02. The molecule has 100 valence electrons. The van der Waals surface area contributed by atoms with Crippen LogP contribution >= 0.6 is 11.6 Å². The van der Waals surface area contributed by atoms with Crippen molar-refractivity contribution >= 4 is 17.5 Å². The van der Waals surface area contributed by atoms with Gasteiger partial charge in [-0.2, -0.15) is 5.10 Å². The van der Waals surface area contributed by atoms with E-state index in [1.165, 1.54) is 9.58 Å². The van der Waals surface area contributed by atoms with Crippen LogP contribution in [0.3, 0.4) is 0 Å². The second kappa shape index (κ2) is 4.97. The Labute approximate surface area is 116 Å². The molecule has 0 aliphatic carbocycles. The minimum Gasteiger partial charge on any atom is -0.343 e. The van der Waals surface area contributed by atoms with Crippen molar-refractivity contribution < 1.29 is 4.79 Å². The molecule has 2 rings (SSSR count). The number of carbonyl (C=O) groups excluding carboxylic acids is 1. The Balaban J connectivity index is 2.47. The fraction of sp³-hybridized carbons (Fsp3) is 0.333. The van der Waals surface area contributed by atoms with Crippen LogP contribution in [0.4, 0.5) is 0 Å². The lowest BCUT2D eigenvalue weighted by atomic mass is 10.3. The Morgan fingerprint density at radius 2 is 2.00 bits per heavy atom. The number of nitrogens with zero attached hydrogens (tertiary/aromatic N) is 5. The molecule has 6 nitrogen and oxygen atoms in total. The molecule has 0 fully saturated rings. The van der Waals surface area contributed by atoms with E-state index < -0.39 is 0 Å². The van der Waals surface area contributed by atoms with E-state index in [1.807, 2.05) is 6.92 Å². The van der Waals surface area contributed by atoms with Gasteiger partial charge in [0.2, 0.25) is 0 Å². The van der Waals surface area contributed by atoms with Gasteiger partial charge >= 0.3 is 0 Å². The van der Waals surface area contributed by atoms with Gasteiger partial charge in [0.1, 0.15) is 11.0 Å². The molecule has 2 aromatic heterocycles. The Hall–Kier alpha value is -1.95. The van der Waals surface area contributed by atoms with Crippen molar-refractivity contribution in [3.8, 4) is 5.82 Å². The summed E-state index contributed by atoms with van der Waals surface area (Å²) in [6, 6.07) is 1.65. The first kappa shape index (κ1) is 13.5. The summed E-state index contributed by atoms with van der Waals surface area (Å²) in [6.45, 7) is 3.57. The summed E-state index contributed by atoms with van der Waals surface area (Å²) in [4.78, 5) is 21.6. The van der Waals surface area contributed by atoms with Crippen LogP contribution < -0.4 is 0 Å². The molecule has 0 aliphatic rings. The molecular formula is C12H14ClN5O. The van der Waals surface area contributed by atoms with E-state index in [-0.39, 0.29) is 5.91 Å². The van der Waals surface area contributed by atoms with E-state index >= 15 is 0 Å². The Morgan fingerprint density at radius 3 is 2.63 bits per heavy atom. The van der Waals surface area contributed by atoms with Crippen molar-refractivity contribution in [2.24, 2.45) is 0 Å². The monoisotopic (exact) mass is 279 g/mol. The van der Waals surface area contributed by atoms with Crippen LogP contribution in [0.5, 0.6) is 0 Å². The highest BCUT2D eigenvalue weighted by molar-refractivity contribution is 6.30. The molecule has 2 heterocycles. The number of halogens is 1. The summed E-state index contributed by atoms with van der Waals surface area (Å²) in [5, 5.41) is 4.61. The molecule has 2 aromatic rings. The molecule has 0 saturated heterocycles. The van der Waals surface area contributed by atoms with E-state index in [0.29, 0.717) is 22.5 Å². The number of carbonyl (C=O) groups is 1. The number of rotatable bonds is 2. The number of hydrogen-bond donors (Lipinski definition) is 0. The summed E-state index contributed by atoms with van der Waals surface area (Å²) in [7, 11) is 3.36. The van der Waals surface area contributed by atoms with Gasteiger partial charge in [0, 0.05) is 25.9 Å². The first-order valence-electron chi connectivity index (χ1n) is 5.68. The van der Waals surface area contributed by atoms with Crippen molar-refractivity contribution in [1.29, 1.82) is 0 Å². The Morgan fingerprint density at radius 1 is 1.32 bits per heavy atom. The molecule has 0 unspecified atom stereocenters. The van der Waals surface area contributed by atoms with Crippen molar-refractivity contribution in [3.63, 3.8) is 0 Å². The average molecular weight is 280 g/mol. The van der Waals surface area contributed by atoms with Gasteiger partial charge in [0.05, 0.1) is 0 Å². The lowest BCUT2D eigenvalue weighted by Gasteiger charge is -2.08. The third-order valence-electron chi connectivity index (χ3n) is 2.60. The van der Waals surface area contributed by atoms with Crippen LogP contribution in [0, 0.1) is 13.8 Å². The average Bonchev–Trinajstić information content (AvgIpc) is 2.81. The molecule has 0 saturated carbocycles. The summed E-state index contributed by atoms with van der Waals surface area (Å²) in [5.41, 5.74) is 1.08. The van der Waals surface area contributed by atoms with E-state index in [1.54, 1.807) is 33.3 Å². The zero-order chi connectivity index (χ0) is 14.2. The standard InChI is InChI=1S/C12H14ClN5O/c1-7-10(13)14-8(2)15-11(7)18-6-5-9(16-18)12(19)17(3)4/h5-6H,1-4H3. The third kappa shape index (κ3) is 2.58. The van der Waals surface area contributed by atoms with Crippen LogP contribution in [-0.2, 0) is 0 Å². The second-order valence-corrected chi connectivity index (χ2v) is 4.71. The number of amides is 1. The number of hydrogen-bond acceptors (Lipinski definition) is 4. The highest BCUT2D eigenvalue weighted by Crippen LogP contribution is 2.18. The maximum absolute atomic E-state index is 11.8. The maximum atomic E-state index is 11.8. The Bertz CT molecular complexity index is 635. The quantitative estimate of drug-likeness (QED) is 0.784. The minimum atomic E-state index is -0.159. The van der Waals surface area contributed by atoms with Crippen LogP contribution in [-0.4, -0.2) is 44.7 Å². The van der Waals surface area contributed by atoms with Gasteiger partial charge in [0.25, 0.3) is 5.91 Å². The van der Waals surface area contributed by atoms with Crippen LogP contribution in [0.1, 0.15) is 21.9 Å². The van der Waals surface area contributed by atoms with E-state index in [4.69, 9.17) is 11.6 Å². The first-order valence-corrected chi connectivity index (χ1v) is 6.06. The zero-order valence-electron chi connectivity index (χ0n) is 11.2. The molecule has 0 bridgehead atoms. The van der Waals surface area contributed by atoms with Crippen LogP contribution in [0.2, 0.25) is 5.15 Å². The third-order valence-corrected chi connectivity index (χ3v) is 2.97. The van der Waals surface area contributed by atoms with Gasteiger partial charge in [-0.25, -0.2) is 14.6 Å². The maximum Gasteiger partial charge on any atom is 0.273 e. The topological polar surface area (TPSA) is 63.9 Å². The molecule has 7 heteroatoms. The molecule has 1 amide bonds. The summed E-state index contributed by atoms with van der Waals surface area (Å²) in [6.07, 6.45) is 1.68. The lowest BCUT2D eigenvalue weighted by Crippen LogP contribution is -2.22. The lowest BCUT2D eigenvalue weighted by molar-refractivity contribution is 0.0821. The highest BCUT2D eigenvalue weighted by Gasteiger charge is 2.15. The fourth-order valence-corrected chi connectivity index (χ4v) is 1.80. The van der Waals surface area contributed by atoms with E-state index in [2.05, 4.69) is 15.1 Å². The number of aryl methyl sites for hydroxylation is 1. The molecule has 0 spiro atoms. The summed E-state index contributed by atoms with van der Waals surface area (Å²) in [5.74, 6) is 0.977. The van der Waals surface area contributed by atoms with Gasteiger partial charge in [-0.15, -0.1) is 0 Å². The molecule has 0 atom stereocenters. The normalized spacial score (nSPS) is 10.6. The largest absolute Gasteiger partial charge is 0.343 e. The molecule has 0 radical (unpaired) electrons. The van der Waals surface area contributed by atoms with Crippen molar-refractivity contribution in [2.45, 2.75) is 13.8 Å². The molecular weight excluding hydrogens is 266 g/mol. The van der Waals surface area contributed by atoms with Gasteiger partial charge in [-0.3, -0.25) is 4.79 Å². The molecule has 0 aliphatic heterocycles. The second-order valence-electron chi connectivity index (χ2n) is 4.36. The van der Waals surface area contributed by atoms with Gasteiger partial charge in [-0.05, 0) is 19.9 Å². The van der Waals surface area contributed by atoms with Crippen molar-refractivity contribution in [3.05, 3.63) is 34.5 Å². The molecule has 0 N–H and O–H groups in total. The minimum absolute atomic E-state index is 0.159. The predicted octanol–water partition coefficient (Wildman–Crippen LogP) is 1.63. The van der Waals surface area contributed by atoms with E-state index in [9.17, 15) is 4.79 Å². The van der Waals surface area contributed by atoms with Crippen LogP contribution in [0.25, 0.3) is 5.82 Å². The molecule has 19 heavy (non-hydrogen) atoms. The fourth-order valence-electron chi connectivity index (χ4n) is 1.59. The predicted molar refractivity (Wildman–Crippen MR) is 71.7 cm³/mol. The SMILES string of the molecule is Cc1nc(Cl)c(C)c(-n2ccc(C(=O)N(C)C)n2)n1. The smallest absolute Gasteiger partial charge is 0.273 e. The van der Waals surface area contributed by atoms with Crippen molar-refractivity contribution in [2.75, 3.05) is 14.1 Å².